The maximum absolute atomic E-state index is 12.4. The van der Waals surface area contributed by atoms with Crippen molar-refractivity contribution in [2.45, 2.75) is 30.2 Å². The molecule has 2 aliphatic rings. The minimum atomic E-state index is -3.53. The van der Waals surface area contributed by atoms with Crippen molar-refractivity contribution in [2.75, 3.05) is 24.7 Å². The molecule has 1 amide bonds. The van der Waals surface area contributed by atoms with Gasteiger partial charge in [0.1, 0.15) is 5.69 Å². The summed E-state index contributed by atoms with van der Waals surface area (Å²) in [6.07, 6.45) is 4.17. The molecular formula is C17H25ClN4O5S. The molecule has 2 bridgehead atoms. The number of sulfone groups is 1. The van der Waals surface area contributed by atoms with Gasteiger partial charge in [0.05, 0.1) is 15.7 Å². The monoisotopic (exact) mass is 432 g/mol. The van der Waals surface area contributed by atoms with Gasteiger partial charge in [-0.1, -0.05) is 0 Å². The minimum absolute atomic E-state index is 0. The molecule has 1 aromatic rings. The van der Waals surface area contributed by atoms with Gasteiger partial charge in [-0.3, -0.25) is 14.9 Å². The predicted molar refractivity (Wildman–Crippen MR) is 107 cm³/mol. The first-order valence-corrected chi connectivity index (χ1v) is 10.8. The number of nitro benzene ring substituents is 1. The van der Waals surface area contributed by atoms with Crippen molar-refractivity contribution in [3.05, 3.63) is 28.3 Å². The van der Waals surface area contributed by atoms with E-state index in [9.17, 15) is 23.3 Å². The van der Waals surface area contributed by atoms with E-state index in [0.717, 1.165) is 31.6 Å². The molecule has 156 valence electrons. The maximum Gasteiger partial charge on any atom is 0.293 e. The number of carbonyl (C=O) groups excluding carboxylic acids is 1. The Morgan fingerprint density at radius 2 is 1.96 bits per heavy atom. The average Bonchev–Trinajstić information content (AvgIpc) is 3.18. The van der Waals surface area contributed by atoms with Gasteiger partial charge in [-0.2, -0.15) is 0 Å². The van der Waals surface area contributed by atoms with Crippen molar-refractivity contribution in [2.24, 2.45) is 23.5 Å². The number of hydrogen-bond acceptors (Lipinski definition) is 7. The Morgan fingerprint density at radius 3 is 2.54 bits per heavy atom. The van der Waals surface area contributed by atoms with Crippen molar-refractivity contribution < 1.29 is 18.1 Å². The largest absolute Gasteiger partial charge is 0.378 e. The Morgan fingerprint density at radius 1 is 1.29 bits per heavy atom. The molecule has 0 spiro atoms. The normalized spacial score (nSPS) is 25.8. The molecule has 0 saturated heterocycles. The zero-order valence-electron chi connectivity index (χ0n) is 15.5. The Labute approximate surface area is 169 Å². The molecule has 4 unspecified atom stereocenters. The molecule has 3 rings (SSSR count). The Hall–Kier alpha value is -1.91. The van der Waals surface area contributed by atoms with Gasteiger partial charge in [0.15, 0.2) is 9.84 Å². The van der Waals surface area contributed by atoms with Gasteiger partial charge in [-0.15, -0.1) is 12.4 Å². The molecule has 0 radical (unpaired) electrons. The second-order valence-corrected chi connectivity index (χ2v) is 9.38. The minimum Gasteiger partial charge on any atom is -0.378 e. The smallest absolute Gasteiger partial charge is 0.293 e. The number of halogens is 1. The summed E-state index contributed by atoms with van der Waals surface area (Å²) in [4.78, 5) is 22.9. The summed E-state index contributed by atoms with van der Waals surface area (Å²) in [6, 6.07) is 3.63. The molecule has 4 atom stereocenters. The van der Waals surface area contributed by atoms with E-state index < -0.39 is 14.8 Å². The van der Waals surface area contributed by atoms with Crippen LogP contribution in [0.1, 0.15) is 19.3 Å². The molecule has 0 aromatic heterocycles. The summed E-state index contributed by atoms with van der Waals surface area (Å²) in [5.41, 5.74) is 6.05. The lowest BCUT2D eigenvalue weighted by atomic mass is 9.84. The number of fused-ring (bicyclic) bond motifs is 2. The fraction of sp³-hybridized carbons (Fsp3) is 0.588. The van der Waals surface area contributed by atoms with Gasteiger partial charge in [-0.05, 0) is 43.2 Å². The third-order valence-corrected chi connectivity index (χ3v) is 6.73. The molecule has 4 N–H and O–H groups in total. The van der Waals surface area contributed by atoms with Gasteiger partial charge in [0.25, 0.3) is 5.69 Å². The topological polar surface area (TPSA) is 144 Å². The van der Waals surface area contributed by atoms with Crippen molar-refractivity contribution in [1.82, 2.24) is 5.32 Å². The third kappa shape index (κ3) is 4.56. The molecule has 1 aromatic carbocycles. The van der Waals surface area contributed by atoms with E-state index in [1.54, 1.807) is 0 Å². The number of benzene rings is 1. The van der Waals surface area contributed by atoms with Crippen LogP contribution in [-0.2, 0) is 14.6 Å². The lowest BCUT2D eigenvalue weighted by Gasteiger charge is -2.27. The molecule has 0 heterocycles. The van der Waals surface area contributed by atoms with Crippen molar-refractivity contribution in [3.8, 4) is 0 Å². The van der Waals surface area contributed by atoms with Gasteiger partial charge in [-0.25, -0.2) is 8.42 Å². The number of nitrogens with one attached hydrogen (secondary N) is 2. The number of carbonyl (C=O) groups is 1. The van der Waals surface area contributed by atoms with Crippen LogP contribution in [0.25, 0.3) is 0 Å². The number of hydrogen-bond donors (Lipinski definition) is 3. The van der Waals surface area contributed by atoms with Crippen LogP contribution in [0.2, 0.25) is 0 Å². The van der Waals surface area contributed by atoms with Crippen molar-refractivity contribution in [1.29, 1.82) is 0 Å². The first-order chi connectivity index (χ1) is 12.7. The Kier molecular flexibility index (Phi) is 6.89. The van der Waals surface area contributed by atoms with E-state index in [0.29, 0.717) is 18.4 Å². The first kappa shape index (κ1) is 22.4. The number of nitro groups is 1. The summed E-state index contributed by atoms with van der Waals surface area (Å²) in [7, 11) is -3.53. The summed E-state index contributed by atoms with van der Waals surface area (Å²) in [5.74, 6) is 0.605. The van der Waals surface area contributed by atoms with E-state index in [2.05, 4.69) is 10.6 Å². The number of nitrogens with zero attached hydrogens (tertiary/aromatic N) is 1. The summed E-state index contributed by atoms with van der Waals surface area (Å²) in [6.45, 7) is 0.575. The van der Waals surface area contributed by atoms with Crippen LogP contribution in [0.3, 0.4) is 0 Å². The summed E-state index contributed by atoms with van der Waals surface area (Å²) in [5, 5.41) is 16.9. The fourth-order valence-corrected chi connectivity index (χ4v) is 4.91. The van der Waals surface area contributed by atoms with E-state index >= 15 is 0 Å². The first-order valence-electron chi connectivity index (χ1n) is 8.94. The number of anilines is 1. The number of nitrogens with two attached hydrogens (primary N) is 1. The van der Waals surface area contributed by atoms with Gasteiger partial charge in [0, 0.05) is 31.5 Å². The molecule has 2 saturated carbocycles. The quantitative estimate of drug-likeness (QED) is 0.334. The van der Waals surface area contributed by atoms with Crippen molar-refractivity contribution in [3.63, 3.8) is 0 Å². The van der Waals surface area contributed by atoms with Crippen LogP contribution in [0.4, 0.5) is 11.4 Å². The predicted octanol–water partition coefficient (Wildman–Crippen LogP) is 1.32. The molecule has 2 aliphatic carbocycles. The van der Waals surface area contributed by atoms with Crippen LogP contribution in [0, 0.1) is 27.9 Å². The van der Waals surface area contributed by atoms with Crippen molar-refractivity contribution >= 4 is 39.5 Å². The average molecular weight is 433 g/mol. The highest BCUT2D eigenvalue weighted by molar-refractivity contribution is 7.90. The standard InChI is InChI=1S/C17H24N4O5S.ClH/c1-27(25,26)12-4-5-13(14(9-12)21(23)24)19-6-7-20-17(22)15-10-2-3-11(8-10)16(15)18;/h4-5,9-11,15-16,19H,2-3,6-8,18H2,1H3,(H,20,22);1H. The molecular weight excluding hydrogens is 408 g/mol. The molecule has 11 heteroatoms. The fourth-order valence-electron chi connectivity index (χ4n) is 4.27. The maximum atomic E-state index is 12.4. The van der Waals surface area contributed by atoms with Gasteiger partial charge in [0.2, 0.25) is 5.91 Å². The van der Waals surface area contributed by atoms with E-state index in [-0.39, 0.29) is 53.1 Å². The van der Waals surface area contributed by atoms with Crippen LogP contribution in [0.15, 0.2) is 23.1 Å². The van der Waals surface area contributed by atoms with Gasteiger partial charge < -0.3 is 16.4 Å². The third-order valence-electron chi connectivity index (χ3n) is 5.62. The second-order valence-electron chi connectivity index (χ2n) is 7.36. The van der Waals surface area contributed by atoms with Crippen LogP contribution < -0.4 is 16.4 Å². The van der Waals surface area contributed by atoms with Crippen LogP contribution in [0.5, 0.6) is 0 Å². The lowest BCUT2D eigenvalue weighted by molar-refractivity contribution is -0.384. The highest BCUT2D eigenvalue weighted by atomic mass is 35.5. The molecule has 9 nitrogen and oxygen atoms in total. The summed E-state index contributed by atoms with van der Waals surface area (Å²) < 4.78 is 23.1. The Balaban J connectivity index is 0.00000280. The SMILES string of the molecule is CS(=O)(=O)c1ccc(NCCNC(=O)C2C3CCC(C3)C2N)c([N+](=O)[O-])c1.Cl. The number of rotatable bonds is 7. The molecule has 0 aliphatic heterocycles. The molecule has 2 fully saturated rings. The van der Waals surface area contributed by atoms with E-state index in [1.165, 1.54) is 12.1 Å². The Bertz CT molecular complexity index is 861. The highest BCUT2D eigenvalue weighted by Gasteiger charge is 2.48. The highest BCUT2D eigenvalue weighted by Crippen LogP contribution is 2.47. The second kappa shape index (κ2) is 8.62. The van der Waals surface area contributed by atoms with Crippen LogP contribution >= 0.6 is 12.4 Å². The molecule has 28 heavy (non-hydrogen) atoms. The zero-order chi connectivity index (χ0) is 19.8. The summed E-state index contributed by atoms with van der Waals surface area (Å²) >= 11 is 0. The van der Waals surface area contributed by atoms with E-state index in [4.69, 9.17) is 5.73 Å². The van der Waals surface area contributed by atoms with Crippen LogP contribution in [-0.4, -0.2) is 44.6 Å². The number of amides is 1. The zero-order valence-corrected chi connectivity index (χ0v) is 17.1. The van der Waals surface area contributed by atoms with Gasteiger partial charge >= 0.3 is 0 Å². The van der Waals surface area contributed by atoms with E-state index in [1.807, 2.05) is 0 Å². The lowest BCUT2D eigenvalue weighted by Crippen LogP contribution is -2.46.